The average Bonchev–Trinajstić information content (AvgIpc) is 2.13. The lowest BCUT2D eigenvalue weighted by Gasteiger charge is -2.18. The molecule has 0 unspecified atom stereocenters. The summed E-state index contributed by atoms with van der Waals surface area (Å²) in [7, 11) is 0. The Morgan fingerprint density at radius 2 is 2.50 bits per heavy atom. The number of hydrogen-bond acceptors (Lipinski definition) is 3. The molecule has 3 nitrogen and oxygen atoms in total. The molecule has 0 saturated carbocycles. The minimum absolute atomic E-state index is 0.211. The molecule has 2 N–H and O–H groups in total. The van der Waals surface area contributed by atoms with Gasteiger partial charge in [0.1, 0.15) is 0 Å². The number of nitrogens with two attached hydrogens (primary N) is 1. The lowest BCUT2D eigenvalue weighted by Crippen LogP contribution is -2.37. The van der Waals surface area contributed by atoms with Crippen LogP contribution in [0.2, 0.25) is 0 Å². The molecule has 1 fully saturated rings. The Balaban J connectivity index is 2.30. The SMILES string of the molecule is CCN1CCOC[C@H](N)C1. The zero-order chi connectivity index (χ0) is 7.40. The zero-order valence-electron chi connectivity index (χ0n) is 6.55. The van der Waals surface area contributed by atoms with Crippen molar-refractivity contribution in [3.63, 3.8) is 0 Å². The van der Waals surface area contributed by atoms with E-state index >= 15 is 0 Å². The Bertz CT molecular complexity index is 97.6. The van der Waals surface area contributed by atoms with Crippen LogP contribution in [0, 0.1) is 0 Å². The van der Waals surface area contributed by atoms with Crippen molar-refractivity contribution in [3.05, 3.63) is 0 Å². The van der Waals surface area contributed by atoms with Gasteiger partial charge in [0.15, 0.2) is 0 Å². The Morgan fingerprint density at radius 1 is 1.70 bits per heavy atom. The molecule has 60 valence electrons. The highest BCUT2D eigenvalue weighted by atomic mass is 16.5. The molecule has 10 heavy (non-hydrogen) atoms. The van der Waals surface area contributed by atoms with Gasteiger partial charge >= 0.3 is 0 Å². The fourth-order valence-electron chi connectivity index (χ4n) is 1.19. The van der Waals surface area contributed by atoms with Crippen molar-refractivity contribution in [1.29, 1.82) is 0 Å². The Labute approximate surface area is 62.1 Å². The first kappa shape index (κ1) is 7.98. The predicted octanol–water partition coefficient (Wildman–Crippen LogP) is -0.334. The molecule has 0 spiro atoms. The van der Waals surface area contributed by atoms with Gasteiger partial charge < -0.3 is 10.5 Å². The molecule has 1 atom stereocenters. The van der Waals surface area contributed by atoms with E-state index in [1.54, 1.807) is 0 Å². The second-order valence-corrected chi connectivity index (χ2v) is 2.73. The van der Waals surface area contributed by atoms with Crippen LogP contribution in [0.15, 0.2) is 0 Å². The summed E-state index contributed by atoms with van der Waals surface area (Å²) in [5.41, 5.74) is 5.73. The molecule has 0 amide bonds. The first-order valence-corrected chi connectivity index (χ1v) is 3.88. The van der Waals surface area contributed by atoms with Gasteiger partial charge in [0.25, 0.3) is 0 Å². The zero-order valence-corrected chi connectivity index (χ0v) is 6.55. The summed E-state index contributed by atoms with van der Waals surface area (Å²) >= 11 is 0. The molecule has 3 heteroatoms. The quantitative estimate of drug-likeness (QED) is 0.547. The normalized spacial score (nSPS) is 30.0. The third-order valence-corrected chi connectivity index (χ3v) is 1.82. The van der Waals surface area contributed by atoms with Crippen LogP contribution < -0.4 is 5.73 Å². The highest BCUT2D eigenvalue weighted by Crippen LogP contribution is 1.96. The summed E-state index contributed by atoms with van der Waals surface area (Å²) in [6, 6.07) is 0.211. The van der Waals surface area contributed by atoms with Crippen molar-refractivity contribution < 1.29 is 4.74 Å². The van der Waals surface area contributed by atoms with E-state index < -0.39 is 0 Å². The first-order chi connectivity index (χ1) is 4.83. The molecule has 0 aromatic carbocycles. The van der Waals surface area contributed by atoms with Crippen LogP contribution in [0.1, 0.15) is 6.92 Å². The minimum atomic E-state index is 0.211. The van der Waals surface area contributed by atoms with Crippen molar-refractivity contribution >= 4 is 0 Å². The minimum Gasteiger partial charge on any atom is -0.378 e. The fraction of sp³-hybridized carbons (Fsp3) is 1.00. The Kier molecular flexibility index (Phi) is 3.12. The molecule has 0 aliphatic carbocycles. The summed E-state index contributed by atoms with van der Waals surface area (Å²) in [5, 5.41) is 0. The van der Waals surface area contributed by atoms with Crippen molar-refractivity contribution in [2.45, 2.75) is 13.0 Å². The lowest BCUT2D eigenvalue weighted by atomic mass is 10.3. The van der Waals surface area contributed by atoms with Crippen LogP contribution in [0.25, 0.3) is 0 Å². The van der Waals surface area contributed by atoms with Gasteiger partial charge in [-0.1, -0.05) is 6.92 Å². The van der Waals surface area contributed by atoms with Gasteiger partial charge in [-0.2, -0.15) is 0 Å². The molecule has 1 rings (SSSR count). The van der Waals surface area contributed by atoms with Crippen LogP contribution in [0.5, 0.6) is 0 Å². The second kappa shape index (κ2) is 3.91. The van der Waals surface area contributed by atoms with E-state index in [9.17, 15) is 0 Å². The number of likely N-dealkylation sites (N-methyl/N-ethyl adjacent to an activating group) is 1. The van der Waals surface area contributed by atoms with Gasteiger partial charge in [-0.05, 0) is 6.54 Å². The molecule has 0 radical (unpaired) electrons. The van der Waals surface area contributed by atoms with Crippen molar-refractivity contribution in [2.24, 2.45) is 5.73 Å². The van der Waals surface area contributed by atoms with Crippen LogP contribution in [-0.4, -0.2) is 43.8 Å². The topological polar surface area (TPSA) is 38.5 Å². The summed E-state index contributed by atoms with van der Waals surface area (Å²) in [5.74, 6) is 0. The van der Waals surface area contributed by atoms with Crippen LogP contribution in [-0.2, 0) is 4.74 Å². The monoisotopic (exact) mass is 144 g/mol. The smallest absolute Gasteiger partial charge is 0.0630 e. The highest BCUT2D eigenvalue weighted by Gasteiger charge is 2.12. The maximum Gasteiger partial charge on any atom is 0.0630 e. The number of hydrogen-bond donors (Lipinski definition) is 1. The van der Waals surface area contributed by atoms with E-state index in [1.807, 2.05) is 0 Å². The van der Waals surface area contributed by atoms with Gasteiger partial charge in [0, 0.05) is 19.1 Å². The van der Waals surface area contributed by atoms with Crippen LogP contribution >= 0.6 is 0 Å². The third kappa shape index (κ3) is 2.25. The average molecular weight is 144 g/mol. The van der Waals surface area contributed by atoms with Crippen molar-refractivity contribution in [1.82, 2.24) is 4.90 Å². The van der Waals surface area contributed by atoms with Gasteiger partial charge in [0.05, 0.1) is 13.2 Å². The predicted molar refractivity (Wildman–Crippen MR) is 40.9 cm³/mol. The van der Waals surface area contributed by atoms with E-state index in [4.69, 9.17) is 10.5 Å². The molecule has 0 bridgehead atoms. The third-order valence-electron chi connectivity index (χ3n) is 1.82. The van der Waals surface area contributed by atoms with E-state index in [-0.39, 0.29) is 6.04 Å². The Morgan fingerprint density at radius 3 is 3.20 bits per heavy atom. The maximum absolute atomic E-state index is 5.73. The fourth-order valence-corrected chi connectivity index (χ4v) is 1.19. The molecule has 1 saturated heterocycles. The summed E-state index contributed by atoms with van der Waals surface area (Å²) in [6.45, 7) is 6.80. The standard InChI is InChI=1S/C7H16N2O/c1-2-9-3-4-10-6-7(8)5-9/h7H,2-6,8H2,1H3/t7-/m1/s1. The number of nitrogens with zero attached hydrogens (tertiary/aromatic N) is 1. The molecule has 0 aromatic rings. The van der Waals surface area contributed by atoms with Crippen LogP contribution in [0.4, 0.5) is 0 Å². The second-order valence-electron chi connectivity index (χ2n) is 2.73. The summed E-state index contributed by atoms with van der Waals surface area (Å²) in [6.07, 6.45) is 0. The highest BCUT2D eigenvalue weighted by molar-refractivity contribution is 4.69. The molecule has 1 aliphatic heterocycles. The number of rotatable bonds is 1. The van der Waals surface area contributed by atoms with Gasteiger partial charge in [-0.3, -0.25) is 4.90 Å². The summed E-state index contributed by atoms with van der Waals surface area (Å²) in [4.78, 5) is 2.32. The van der Waals surface area contributed by atoms with E-state index in [1.165, 1.54) is 0 Å². The molecule has 1 heterocycles. The van der Waals surface area contributed by atoms with Gasteiger partial charge in [-0.25, -0.2) is 0 Å². The van der Waals surface area contributed by atoms with E-state index in [0.29, 0.717) is 0 Å². The lowest BCUT2D eigenvalue weighted by molar-refractivity contribution is 0.136. The van der Waals surface area contributed by atoms with Crippen molar-refractivity contribution in [3.8, 4) is 0 Å². The Hall–Kier alpha value is -0.120. The molecular formula is C7H16N2O. The van der Waals surface area contributed by atoms with Crippen LogP contribution in [0.3, 0.4) is 0 Å². The van der Waals surface area contributed by atoms with E-state index in [0.717, 1.165) is 32.8 Å². The first-order valence-electron chi connectivity index (χ1n) is 3.88. The molecular weight excluding hydrogens is 128 g/mol. The van der Waals surface area contributed by atoms with Gasteiger partial charge in [-0.15, -0.1) is 0 Å². The maximum atomic E-state index is 5.73. The van der Waals surface area contributed by atoms with Gasteiger partial charge in [0.2, 0.25) is 0 Å². The summed E-state index contributed by atoms with van der Waals surface area (Å²) < 4.78 is 5.27. The number of ether oxygens (including phenoxy) is 1. The largest absolute Gasteiger partial charge is 0.378 e. The molecule has 1 aliphatic rings. The van der Waals surface area contributed by atoms with E-state index in [2.05, 4.69) is 11.8 Å². The molecule has 0 aromatic heterocycles. The van der Waals surface area contributed by atoms with Crippen molar-refractivity contribution in [2.75, 3.05) is 32.8 Å².